The third-order valence-electron chi connectivity index (χ3n) is 0.750. The van der Waals surface area contributed by atoms with Crippen LogP contribution in [0.2, 0.25) is 23.8 Å². The molecule has 0 amide bonds. The molecule has 0 aromatic rings. The first-order valence-electron chi connectivity index (χ1n) is 3.35. The molecular weight excluding hydrogens is 140 g/mol. The molecule has 3 heteroatoms. The third-order valence-corrected chi connectivity index (χ3v) is 6.75. The molecule has 9 heavy (non-hydrogen) atoms. The summed E-state index contributed by atoms with van der Waals surface area (Å²) >= 11 is 2.10. The van der Waals surface area contributed by atoms with Gasteiger partial charge >= 0.3 is 53.6 Å². The fourth-order valence-corrected chi connectivity index (χ4v) is 0. The Labute approximate surface area is 72.3 Å². The molecule has 0 aromatic heterocycles. The van der Waals surface area contributed by atoms with Crippen LogP contribution in [0.1, 0.15) is 6.92 Å². The molecule has 0 unspecified atom stereocenters. The van der Waals surface area contributed by atoms with Crippen molar-refractivity contribution in [2.45, 2.75) is 30.7 Å². The molecule has 0 spiro atoms. The van der Waals surface area contributed by atoms with Crippen molar-refractivity contribution in [3.8, 4) is 0 Å². The first-order chi connectivity index (χ1) is 3.97. The molecule has 0 saturated carbocycles. The van der Waals surface area contributed by atoms with E-state index in [0.717, 1.165) is 0 Å². The summed E-state index contributed by atoms with van der Waals surface area (Å²) in [6.45, 7) is 8.74. The summed E-state index contributed by atoms with van der Waals surface area (Å²) in [4.78, 5) is 0. The summed E-state index contributed by atoms with van der Waals surface area (Å²) in [7, 11) is -0.619. The van der Waals surface area contributed by atoms with Gasteiger partial charge in [0.05, 0.1) is 0 Å². The van der Waals surface area contributed by atoms with Crippen molar-refractivity contribution >= 4 is 29.8 Å². The number of hydrogen-bond donors (Lipinski definition) is 0. The second kappa shape index (κ2) is 7.05. The number of rotatable bonds is 1. The van der Waals surface area contributed by atoms with Gasteiger partial charge < -0.3 is 5.11 Å². The van der Waals surface area contributed by atoms with Crippen LogP contribution in [0.3, 0.4) is 0 Å². The van der Waals surface area contributed by atoms with Crippen LogP contribution >= 0.6 is 0 Å². The third kappa shape index (κ3) is 27.7. The first-order valence-corrected chi connectivity index (χ1v) is 8.06. The van der Waals surface area contributed by atoms with E-state index >= 15 is 0 Å². The van der Waals surface area contributed by atoms with Crippen molar-refractivity contribution in [1.82, 2.24) is 0 Å². The van der Waals surface area contributed by atoms with Crippen LogP contribution in [0.5, 0.6) is 0 Å². The first kappa shape index (κ1) is 12.6. The van der Waals surface area contributed by atoms with Gasteiger partial charge in [-0.2, -0.15) is 0 Å². The quantitative estimate of drug-likeness (QED) is 0.516. The van der Waals surface area contributed by atoms with E-state index in [1.807, 2.05) is 0 Å². The molecule has 0 atom stereocenters. The van der Waals surface area contributed by atoms with E-state index in [9.17, 15) is 0 Å². The molecule has 0 radical (unpaired) electrons. The zero-order chi connectivity index (χ0) is 7.91. The Morgan fingerprint density at radius 3 is 1.44 bits per heavy atom. The molecule has 0 rings (SSSR count). The second-order valence-corrected chi connectivity index (χ2v) is 10.2. The predicted octanol–water partition coefficient (Wildman–Crippen LogP) is 0.817. The van der Waals surface area contributed by atoms with Crippen molar-refractivity contribution in [2.75, 3.05) is 6.61 Å². The molecule has 0 saturated heterocycles. The van der Waals surface area contributed by atoms with Gasteiger partial charge in [0.2, 0.25) is 0 Å². The van der Waals surface area contributed by atoms with Gasteiger partial charge in [-0.1, -0.05) is 6.92 Å². The van der Waals surface area contributed by atoms with E-state index in [0.29, 0.717) is 0 Å². The Morgan fingerprint density at radius 1 is 1.33 bits per heavy atom. The van der Waals surface area contributed by atoms with Crippen LogP contribution in [-0.4, -0.2) is 36.4 Å². The Morgan fingerprint density at radius 2 is 1.44 bits per heavy atom. The average molecular weight is 157 g/mol. The molecule has 0 bridgehead atoms. The van der Waals surface area contributed by atoms with Gasteiger partial charge in [0.25, 0.3) is 0 Å². The zero-order valence-electron chi connectivity index (χ0n) is 7.03. The summed E-state index contributed by atoms with van der Waals surface area (Å²) in [6.07, 6.45) is 0. The second-order valence-electron chi connectivity index (χ2n) is 3.10. The molecular formula is C6H16MgOSi. The van der Waals surface area contributed by atoms with Gasteiger partial charge in [-0.15, -0.1) is 6.61 Å². The van der Waals surface area contributed by atoms with Gasteiger partial charge in [-0.05, 0) is 0 Å². The minimum atomic E-state index is -0.619. The van der Waals surface area contributed by atoms with Gasteiger partial charge in [-0.25, -0.2) is 0 Å². The monoisotopic (exact) mass is 156 g/mol. The summed E-state index contributed by atoms with van der Waals surface area (Å²) in [5.74, 6) is 0. The fourth-order valence-electron chi connectivity index (χ4n) is 0. The van der Waals surface area contributed by atoms with E-state index in [1.165, 1.54) is 4.17 Å². The van der Waals surface area contributed by atoms with Crippen LogP contribution in [-0.2, 0) is 0 Å². The summed E-state index contributed by atoms with van der Waals surface area (Å²) in [6, 6.07) is 0. The van der Waals surface area contributed by atoms with E-state index in [-0.39, 0.29) is 6.61 Å². The van der Waals surface area contributed by atoms with Gasteiger partial charge in [0, 0.05) is 0 Å². The average Bonchev–Trinajstić information content (AvgIpc) is 1.67. The van der Waals surface area contributed by atoms with Crippen LogP contribution in [0.15, 0.2) is 0 Å². The summed E-state index contributed by atoms with van der Waals surface area (Å²) in [5.41, 5.74) is 0. The Kier molecular flexibility index (Phi) is 9.88. The van der Waals surface area contributed by atoms with Crippen molar-refractivity contribution in [3.63, 3.8) is 0 Å². The topological polar surface area (TPSA) is 23.1 Å². The molecule has 0 N–H and O–H groups in total. The maximum atomic E-state index is 8.93. The number of hydrogen-bond acceptors (Lipinski definition) is 1. The molecule has 0 aliphatic heterocycles. The maximum absolute atomic E-state index is 8.93. The summed E-state index contributed by atoms with van der Waals surface area (Å²) in [5, 5.41) is 8.93. The molecule has 52 valence electrons. The Hall–Kier alpha value is 0.943. The molecule has 0 heterocycles. The Bertz CT molecular complexity index is 51.5. The zero-order valence-corrected chi connectivity index (χ0v) is 9.44. The molecule has 0 fully saturated rings. The molecule has 0 aromatic carbocycles. The van der Waals surface area contributed by atoms with Crippen molar-refractivity contribution in [2.24, 2.45) is 0 Å². The fraction of sp³-hybridized carbons (Fsp3) is 1.00. The standard InChI is InChI=1S/C4H11Si.C2H5O.Mg/c1-5(2,3)4;1-2-3;/h1H2,2-4H3;2H2,1H3;/q;-1;+1. The van der Waals surface area contributed by atoms with E-state index < -0.39 is 8.07 Å². The van der Waals surface area contributed by atoms with Gasteiger partial charge in [0.1, 0.15) is 0 Å². The predicted molar refractivity (Wildman–Crippen MR) is 44.4 cm³/mol. The van der Waals surface area contributed by atoms with Crippen LogP contribution in [0.4, 0.5) is 0 Å². The Balaban J connectivity index is 0. The van der Waals surface area contributed by atoms with Crippen molar-refractivity contribution < 1.29 is 5.11 Å². The van der Waals surface area contributed by atoms with Crippen molar-refractivity contribution in [1.29, 1.82) is 0 Å². The summed E-state index contributed by atoms with van der Waals surface area (Å²) < 4.78 is 1.44. The van der Waals surface area contributed by atoms with Crippen molar-refractivity contribution in [3.05, 3.63) is 0 Å². The van der Waals surface area contributed by atoms with Gasteiger partial charge in [0.15, 0.2) is 0 Å². The minimum absolute atomic E-state index is 0. The normalized spacial score (nSPS) is 10.1. The van der Waals surface area contributed by atoms with Crippen LogP contribution < -0.4 is 5.11 Å². The molecule has 0 aliphatic carbocycles. The molecule has 0 aliphatic rings. The van der Waals surface area contributed by atoms with Crippen LogP contribution in [0, 0.1) is 0 Å². The molecule has 1 nitrogen and oxygen atoms in total. The van der Waals surface area contributed by atoms with E-state index in [2.05, 4.69) is 41.3 Å². The van der Waals surface area contributed by atoms with Crippen LogP contribution in [0.25, 0.3) is 0 Å². The van der Waals surface area contributed by atoms with E-state index in [1.54, 1.807) is 6.92 Å². The SMILES string of the molecule is CC[O-].C[Si](C)(C)[CH2][Mg+]. The van der Waals surface area contributed by atoms with Gasteiger partial charge in [-0.3, -0.25) is 0 Å². The van der Waals surface area contributed by atoms with E-state index in [4.69, 9.17) is 5.11 Å².